The van der Waals surface area contributed by atoms with E-state index < -0.39 is 0 Å². The average molecular weight is 281 g/mol. The summed E-state index contributed by atoms with van der Waals surface area (Å²) in [5.74, 6) is 0.676. The quantitative estimate of drug-likeness (QED) is 0.738. The predicted molar refractivity (Wildman–Crippen MR) is 62.3 cm³/mol. The summed E-state index contributed by atoms with van der Waals surface area (Å²) in [4.78, 5) is 3.94. The number of rotatable bonds is 1. The van der Waals surface area contributed by atoms with Gasteiger partial charge in [0.2, 0.25) is 5.88 Å². The summed E-state index contributed by atoms with van der Waals surface area (Å²) in [6.45, 7) is 6.00. The average Bonchev–Trinajstić information content (AvgIpc) is 2.08. The van der Waals surface area contributed by atoms with Gasteiger partial charge in [-0.15, -0.1) is 24.0 Å². The van der Waals surface area contributed by atoms with Crippen LogP contribution in [0.5, 0.6) is 5.88 Å². The second-order valence-corrected chi connectivity index (χ2v) is 1.88. The molecule has 0 bridgehead atoms. The lowest BCUT2D eigenvalue weighted by Crippen LogP contribution is -1.85. The number of aromatic nitrogens is 1. The number of aryl methyl sites for hydroxylation is 1. The third-order valence-corrected chi connectivity index (χ3v) is 1.10. The number of pyridine rings is 1. The van der Waals surface area contributed by atoms with Crippen LogP contribution in [0.15, 0.2) is 18.3 Å². The molecule has 3 heteroatoms. The monoisotopic (exact) mass is 281 g/mol. The highest BCUT2D eigenvalue weighted by atomic mass is 127. The van der Waals surface area contributed by atoms with Gasteiger partial charge in [0.15, 0.2) is 0 Å². The Hall–Kier alpha value is -0.320. The van der Waals surface area contributed by atoms with Gasteiger partial charge in [0, 0.05) is 12.3 Å². The number of methoxy groups -OCH3 is 1. The van der Waals surface area contributed by atoms with Crippen molar-refractivity contribution in [2.75, 3.05) is 7.11 Å². The third kappa shape index (κ3) is 5.35. The smallest absolute Gasteiger partial charge is 0.213 e. The van der Waals surface area contributed by atoms with Crippen molar-refractivity contribution in [1.82, 2.24) is 4.98 Å². The number of hydrogen-bond acceptors (Lipinski definition) is 2. The van der Waals surface area contributed by atoms with Gasteiger partial charge in [-0.1, -0.05) is 13.8 Å². The van der Waals surface area contributed by atoms with Crippen molar-refractivity contribution < 1.29 is 4.74 Å². The summed E-state index contributed by atoms with van der Waals surface area (Å²) in [7, 11) is 1.61. The van der Waals surface area contributed by atoms with E-state index in [-0.39, 0.29) is 24.0 Å². The minimum Gasteiger partial charge on any atom is -0.481 e. The molecule has 0 unspecified atom stereocenters. The first-order valence-electron chi connectivity index (χ1n) is 3.79. The molecule has 1 aromatic heterocycles. The summed E-state index contributed by atoms with van der Waals surface area (Å²) in [5, 5.41) is 0. The molecule has 1 aromatic rings. The largest absolute Gasteiger partial charge is 0.481 e. The van der Waals surface area contributed by atoms with Gasteiger partial charge in [-0.05, 0) is 18.6 Å². The molecule has 0 aromatic carbocycles. The molecule has 0 fully saturated rings. The molecule has 0 aliphatic rings. The Kier molecular flexibility index (Phi) is 10.4. The van der Waals surface area contributed by atoms with E-state index in [2.05, 4.69) is 4.98 Å². The maximum Gasteiger partial charge on any atom is 0.213 e. The molecule has 0 N–H and O–H groups in total. The first-order valence-corrected chi connectivity index (χ1v) is 3.79. The molecule has 0 saturated carbocycles. The number of nitrogens with zero attached hydrogens (tertiary/aromatic N) is 1. The Labute approximate surface area is 91.4 Å². The summed E-state index contributed by atoms with van der Waals surface area (Å²) < 4.78 is 4.88. The molecule has 0 radical (unpaired) electrons. The molecule has 0 aliphatic heterocycles. The zero-order valence-electron chi connectivity index (χ0n) is 8.00. The van der Waals surface area contributed by atoms with Crippen LogP contribution in [-0.4, -0.2) is 12.1 Å². The van der Waals surface area contributed by atoms with Gasteiger partial charge in [0.25, 0.3) is 0 Å². The second-order valence-electron chi connectivity index (χ2n) is 1.88. The van der Waals surface area contributed by atoms with Gasteiger partial charge < -0.3 is 4.74 Å². The molecule has 0 spiro atoms. The van der Waals surface area contributed by atoms with Crippen molar-refractivity contribution >= 4 is 24.0 Å². The SMILES string of the molecule is CC.COc1cc(C)ccn1.I. The number of hydrogen-bond donors (Lipinski definition) is 0. The van der Waals surface area contributed by atoms with Crippen LogP contribution < -0.4 is 4.74 Å². The van der Waals surface area contributed by atoms with Gasteiger partial charge in [-0.3, -0.25) is 0 Å². The Morgan fingerprint density at radius 1 is 1.33 bits per heavy atom. The molecule has 0 atom stereocenters. The van der Waals surface area contributed by atoms with E-state index >= 15 is 0 Å². The highest BCUT2D eigenvalue weighted by molar-refractivity contribution is 14.0. The van der Waals surface area contributed by atoms with E-state index in [9.17, 15) is 0 Å². The zero-order chi connectivity index (χ0) is 8.69. The fourth-order valence-corrected chi connectivity index (χ4v) is 0.620. The Morgan fingerprint density at radius 3 is 2.25 bits per heavy atom. The third-order valence-electron chi connectivity index (χ3n) is 1.10. The van der Waals surface area contributed by atoms with Crippen LogP contribution in [0.2, 0.25) is 0 Å². The zero-order valence-corrected chi connectivity index (χ0v) is 10.3. The first-order chi connectivity index (χ1) is 5.33. The lowest BCUT2D eigenvalue weighted by Gasteiger charge is -1.96. The fourth-order valence-electron chi connectivity index (χ4n) is 0.620. The van der Waals surface area contributed by atoms with E-state index in [0.717, 1.165) is 0 Å². The summed E-state index contributed by atoms with van der Waals surface area (Å²) in [5.41, 5.74) is 1.17. The van der Waals surface area contributed by atoms with Crippen molar-refractivity contribution in [3.05, 3.63) is 23.9 Å². The van der Waals surface area contributed by atoms with E-state index in [1.807, 2.05) is 32.9 Å². The van der Waals surface area contributed by atoms with Crippen molar-refractivity contribution in [2.24, 2.45) is 0 Å². The molecule has 0 saturated heterocycles. The highest BCUT2D eigenvalue weighted by Gasteiger charge is 1.88. The minimum atomic E-state index is 0. The first kappa shape index (κ1) is 14.2. The fraction of sp³-hybridized carbons (Fsp3) is 0.444. The van der Waals surface area contributed by atoms with Crippen LogP contribution in [0, 0.1) is 6.92 Å². The van der Waals surface area contributed by atoms with Crippen LogP contribution in [0.25, 0.3) is 0 Å². The maximum absolute atomic E-state index is 4.88. The van der Waals surface area contributed by atoms with Gasteiger partial charge >= 0.3 is 0 Å². The van der Waals surface area contributed by atoms with E-state index in [1.54, 1.807) is 13.3 Å². The molecule has 2 nitrogen and oxygen atoms in total. The molecule has 0 aliphatic carbocycles. The lowest BCUT2D eigenvalue weighted by molar-refractivity contribution is 0.397. The standard InChI is InChI=1S/C7H9NO.C2H6.HI/c1-6-3-4-8-7(5-6)9-2;1-2;/h3-5H,1-2H3;1-2H3;1H. The second kappa shape index (κ2) is 8.77. The normalized spacial score (nSPS) is 7.33. The van der Waals surface area contributed by atoms with Crippen molar-refractivity contribution in [2.45, 2.75) is 20.8 Å². The molecule has 1 heterocycles. The minimum absolute atomic E-state index is 0. The van der Waals surface area contributed by atoms with E-state index in [0.29, 0.717) is 5.88 Å². The molecule has 0 amide bonds. The topological polar surface area (TPSA) is 22.1 Å². The molecular weight excluding hydrogens is 265 g/mol. The Bertz CT molecular complexity index is 203. The molecular formula is C9H16INO. The van der Waals surface area contributed by atoms with Gasteiger partial charge in [-0.2, -0.15) is 0 Å². The summed E-state index contributed by atoms with van der Waals surface area (Å²) in [6.07, 6.45) is 1.73. The van der Waals surface area contributed by atoms with Crippen LogP contribution in [-0.2, 0) is 0 Å². The van der Waals surface area contributed by atoms with Crippen molar-refractivity contribution in [3.8, 4) is 5.88 Å². The van der Waals surface area contributed by atoms with Crippen LogP contribution in [0.4, 0.5) is 0 Å². The van der Waals surface area contributed by atoms with Crippen molar-refractivity contribution in [3.63, 3.8) is 0 Å². The predicted octanol–water partition coefficient (Wildman–Crippen LogP) is 3.04. The van der Waals surface area contributed by atoms with Crippen molar-refractivity contribution in [1.29, 1.82) is 0 Å². The van der Waals surface area contributed by atoms with Crippen LogP contribution in [0.1, 0.15) is 19.4 Å². The molecule has 70 valence electrons. The number of ether oxygens (including phenoxy) is 1. The van der Waals surface area contributed by atoms with Gasteiger partial charge in [0.1, 0.15) is 0 Å². The summed E-state index contributed by atoms with van der Waals surface area (Å²) >= 11 is 0. The van der Waals surface area contributed by atoms with Gasteiger partial charge in [0.05, 0.1) is 7.11 Å². The summed E-state index contributed by atoms with van der Waals surface area (Å²) in [6, 6.07) is 3.82. The van der Waals surface area contributed by atoms with E-state index in [1.165, 1.54) is 5.56 Å². The van der Waals surface area contributed by atoms with Crippen LogP contribution in [0.3, 0.4) is 0 Å². The Balaban J connectivity index is 0. The van der Waals surface area contributed by atoms with E-state index in [4.69, 9.17) is 4.74 Å². The van der Waals surface area contributed by atoms with Crippen LogP contribution >= 0.6 is 24.0 Å². The Morgan fingerprint density at radius 2 is 1.92 bits per heavy atom. The van der Waals surface area contributed by atoms with Gasteiger partial charge in [-0.25, -0.2) is 4.98 Å². The molecule has 1 rings (SSSR count). The molecule has 12 heavy (non-hydrogen) atoms. The highest BCUT2D eigenvalue weighted by Crippen LogP contribution is 2.05. The lowest BCUT2D eigenvalue weighted by atomic mass is 10.3. The maximum atomic E-state index is 4.88. The number of halogens is 1.